The Balaban J connectivity index is 1.94. The average molecular weight is 256 g/mol. The number of unbranched alkanes of at least 4 members (excludes halogenated alkanes) is 2. The summed E-state index contributed by atoms with van der Waals surface area (Å²) in [6.45, 7) is 14.7. The fourth-order valence-corrected chi connectivity index (χ4v) is 2.62. The van der Waals surface area contributed by atoms with Crippen LogP contribution in [0.25, 0.3) is 0 Å². The van der Waals surface area contributed by atoms with Gasteiger partial charge >= 0.3 is 0 Å². The van der Waals surface area contributed by atoms with Gasteiger partial charge in [-0.3, -0.25) is 4.90 Å². The smallest absolute Gasteiger partial charge is 0.0678 e. The molecule has 3 heteroatoms. The van der Waals surface area contributed by atoms with E-state index in [1.165, 1.54) is 32.4 Å². The molecular weight excluding hydrogens is 224 g/mol. The summed E-state index contributed by atoms with van der Waals surface area (Å²) in [4.78, 5) is 2.56. The highest BCUT2D eigenvalue weighted by atomic mass is 16.5. The summed E-state index contributed by atoms with van der Waals surface area (Å²) in [5.41, 5.74) is 0. The number of morpholine rings is 1. The van der Waals surface area contributed by atoms with Crippen LogP contribution in [0.15, 0.2) is 0 Å². The molecule has 0 radical (unpaired) electrons. The van der Waals surface area contributed by atoms with Gasteiger partial charge in [-0.15, -0.1) is 0 Å². The fourth-order valence-electron chi connectivity index (χ4n) is 2.62. The third-order valence-corrected chi connectivity index (χ3v) is 3.38. The maximum Gasteiger partial charge on any atom is 0.0678 e. The van der Waals surface area contributed by atoms with E-state index in [1.54, 1.807) is 0 Å². The van der Waals surface area contributed by atoms with E-state index in [1.807, 2.05) is 0 Å². The SMILES string of the molecule is CC(C)CNCCCCCN1CC(C)OC(C)C1. The van der Waals surface area contributed by atoms with E-state index in [4.69, 9.17) is 4.74 Å². The second kappa shape index (κ2) is 8.89. The summed E-state index contributed by atoms with van der Waals surface area (Å²) < 4.78 is 5.75. The minimum atomic E-state index is 0.404. The summed E-state index contributed by atoms with van der Waals surface area (Å²) in [5, 5.41) is 3.50. The maximum absolute atomic E-state index is 5.75. The van der Waals surface area contributed by atoms with Gasteiger partial charge in [0.2, 0.25) is 0 Å². The third-order valence-electron chi connectivity index (χ3n) is 3.38. The van der Waals surface area contributed by atoms with Gasteiger partial charge in [0.15, 0.2) is 0 Å². The summed E-state index contributed by atoms with van der Waals surface area (Å²) >= 11 is 0. The highest BCUT2D eigenvalue weighted by Gasteiger charge is 2.21. The first-order valence-corrected chi connectivity index (χ1v) is 7.66. The largest absolute Gasteiger partial charge is 0.373 e. The lowest BCUT2D eigenvalue weighted by molar-refractivity contribution is -0.0681. The van der Waals surface area contributed by atoms with Gasteiger partial charge in [0, 0.05) is 13.1 Å². The maximum atomic E-state index is 5.75. The molecule has 1 heterocycles. The molecule has 108 valence electrons. The normalized spacial score (nSPS) is 25.8. The molecule has 18 heavy (non-hydrogen) atoms. The fraction of sp³-hybridized carbons (Fsp3) is 1.00. The Hall–Kier alpha value is -0.120. The first-order valence-electron chi connectivity index (χ1n) is 7.66. The number of rotatable bonds is 8. The van der Waals surface area contributed by atoms with Crippen molar-refractivity contribution in [3.63, 3.8) is 0 Å². The monoisotopic (exact) mass is 256 g/mol. The summed E-state index contributed by atoms with van der Waals surface area (Å²) in [7, 11) is 0. The van der Waals surface area contributed by atoms with E-state index in [-0.39, 0.29) is 0 Å². The first kappa shape index (κ1) is 15.9. The number of hydrogen-bond acceptors (Lipinski definition) is 3. The molecule has 3 nitrogen and oxygen atoms in total. The molecule has 0 spiro atoms. The molecule has 1 rings (SSSR count). The molecule has 0 aromatic carbocycles. The van der Waals surface area contributed by atoms with Crippen molar-refractivity contribution in [1.29, 1.82) is 0 Å². The van der Waals surface area contributed by atoms with Crippen molar-refractivity contribution >= 4 is 0 Å². The van der Waals surface area contributed by atoms with Crippen LogP contribution in [-0.2, 0) is 4.74 Å². The molecule has 1 saturated heterocycles. The van der Waals surface area contributed by atoms with Crippen molar-refractivity contribution in [3.05, 3.63) is 0 Å². The Labute approximate surface area is 113 Å². The van der Waals surface area contributed by atoms with Crippen LogP contribution in [0.2, 0.25) is 0 Å². The molecule has 2 atom stereocenters. The topological polar surface area (TPSA) is 24.5 Å². The number of nitrogens with one attached hydrogen (secondary N) is 1. The molecule has 1 aliphatic heterocycles. The van der Waals surface area contributed by atoms with Crippen molar-refractivity contribution in [2.75, 3.05) is 32.7 Å². The van der Waals surface area contributed by atoms with Crippen LogP contribution in [0.3, 0.4) is 0 Å². The van der Waals surface area contributed by atoms with Crippen LogP contribution in [0.1, 0.15) is 47.0 Å². The average Bonchev–Trinajstić information content (AvgIpc) is 2.26. The zero-order valence-electron chi connectivity index (χ0n) is 12.7. The predicted molar refractivity (Wildman–Crippen MR) is 78.0 cm³/mol. The highest BCUT2D eigenvalue weighted by Crippen LogP contribution is 2.11. The van der Waals surface area contributed by atoms with Crippen LogP contribution in [-0.4, -0.2) is 49.8 Å². The molecule has 0 aromatic heterocycles. The zero-order valence-corrected chi connectivity index (χ0v) is 12.7. The minimum Gasteiger partial charge on any atom is -0.373 e. The van der Waals surface area contributed by atoms with Crippen LogP contribution < -0.4 is 5.32 Å². The second-order valence-electron chi connectivity index (χ2n) is 6.18. The molecule has 0 aromatic rings. The molecule has 0 aliphatic carbocycles. The van der Waals surface area contributed by atoms with Gasteiger partial charge in [-0.2, -0.15) is 0 Å². The van der Waals surface area contributed by atoms with Crippen LogP contribution in [0.5, 0.6) is 0 Å². The molecule has 1 aliphatic rings. The molecule has 1 N–H and O–H groups in total. The standard InChI is InChI=1S/C15H32N2O/c1-13(2)10-16-8-6-5-7-9-17-11-14(3)18-15(4)12-17/h13-16H,5-12H2,1-4H3. The molecule has 0 amide bonds. The van der Waals surface area contributed by atoms with Crippen molar-refractivity contribution in [2.45, 2.75) is 59.2 Å². The first-order chi connectivity index (χ1) is 8.58. The zero-order chi connectivity index (χ0) is 13.4. The third kappa shape index (κ3) is 7.34. The van der Waals surface area contributed by atoms with Gasteiger partial charge in [0.1, 0.15) is 0 Å². The van der Waals surface area contributed by atoms with E-state index >= 15 is 0 Å². The van der Waals surface area contributed by atoms with Gasteiger partial charge in [0.25, 0.3) is 0 Å². The van der Waals surface area contributed by atoms with Crippen LogP contribution >= 0.6 is 0 Å². The van der Waals surface area contributed by atoms with Crippen molar-refractivity contribution < 1.29 is 4.74 Å². The van der Waals surface area contributed by atoms with E-state index in [0.717, 1.165) is 25.6 Å². The van der Waals surface area contributed by atoms with Gasteiger partial charge in [-0.1, -0.05) is 20.3 Å². The highest BCUT2D eigenvalue weighted by molar-refractivity contribution is 4.72. The van der Waals surface area contributed by atoms with Gasteiger partial charge in [-0.25, -0.2) is 0 Å². The van der Waals surface area contributed by atoms with Crippen LogP contribution in [0, 0.1) is 5.92 Å². The second-order valence-corrected chi connectivity index (χ2v) is 6.18. The molecule has 0 saturated carbocycles. The Morgan fingerprint density at radius 2 is 1.78 bits per heavy atom. The van der Waals surface area contributed by atoms with Crippen molar-refractivity contribution in [1.82, 2.24) is 10.2 Å². The lowest BCUT2D eigenvalue weighted by Gasteiger charge is -2.35. The summed E-state index contributed by atoms with van der Waals surface area (Å²) in [6, 6.07) is 0. The molecular formula is C15H32N2O. The van der Waals surface area contributed by atoms with E-state index < -0.39 is 0 Å². The Kier molecular flexibility index (Phi) is 7.87. The number of hydrogen-bond donors (Lipinski definition) is 1. The van der Waals surface area contributed by atoms with Gasteiger partial charge in [-0.05, 0) is 52.2 Å². The quantitative estimate of drug-likeness (QED) is 0.675. The molecule has 0 bridgehead atoms. The minimum absolute atomic E-state index is 0.404. The van der Waals surface area contributed by atoms with E-state index in [2.05, 4.69) is 37.9 Å². The van der Waals surface area contributed by atoms with Crippen molar-refractivity contribution in [3.8, 4) is 0 Å². The molecule has 1 fully saturated rings. The lowest BCUT2D eigenvalue weighted by atomic mass is 10.2. The Morgan fingerprint density at radius 3 is 2.39 bits per heavy atom. The van der Waals surface area contributed by atoms with Gasteiger partial charge < -0.3 is 10.1 Å². The predicted octanol–water partition coefficient (Wildman–Crippen LogP) is 2.51. The Bertz CT molecular complexity index is 199. The summed E-state index contributed by atoms with van der Waals surface area (Å²) in [5.74, 6) is 0.765. The van der Waals surface area contributed by atoms with E-state index in [9.17, 15) is 0 Å². The van der Waals surface area contributed by atoms with Gasteiger partial charge in [0.05, 0.1) is 12.2 Å². The lowest BCUT2D eigenvalue weighted by Crippen LogP contribution is -2.45. The summed E-state index contributed by atoms with van der Waals surface area (Å²) in [6.07, 6.45) is 4.78. The van der Waals surface area contributed by atoms with Crippen LogP contribution in [0.4, 0.5) is 0 Å². The number of nitrogens with zero attached hydrogens (tertiary/aromatic N) is 1. The molecule has 2 unspecified atom stereocenters. The number of ether oxygens (including phenoxy) is 1. The Morgan fingerprint density at radius 1 is 1.11 bits per heavy atom. The van der Waals surface area contributed by atoms with E-state index in [0.29, 0.717) is 12.2 Å². The van der Waals surface area contributed by atoms with Crippen molar-refractivity contribution in [2.24, 2.45) is 5.92 Å².